The van der Waals surface area contributed by atoms with Crippen LogP contribution in [0.2, 0.25) is 0 Å². The van der Waals surface area contributed by atoms with Crippen LogP contribution in [-0.2, 0) is 14.3 Å². The highest BCUT2D eigenvalue weighted by Crippen LogP contribution is 2.22. The zero-order valence-corrected chi connectivity index (χ0v) is 16.7. The molecule has 2 N–H and O–H groups in total. The van der Waals surface area contributed by atoms with Gasteiger partial charge in [-0.25, -0.2) is 0 Å². The number of carbonyl (C=O) groups is 3. The maximum absolute atomic E-state index is 12.9. The molecule has 0 aliphatic rings. The topological polar surface area (TPSA) is 97.6 Å². The maximum Gasteiger partial charge on any atom is 0.326 e. The summed E-state index contributed by atoms with van der Waals surface area (Å²) in [6, 6.07) is 17.4. The van der Waals surface area contributed by atoms with Gasteiger partial charge in [0.2, 0.25) is 6.10 Å². The predicted molar refractivity (Wildman–Crippen MR) is 111 cm³/mol. The number of anilines is 1. The van der Waals surface area contributed by atoms with E-state index in [9.17, 15) is 14.4 Å². The molecule has 7 nitrogen and oxygen atoms in total. The van der Waals surface area contributed by atoms with Gasteiger partial charge in [0.1, 0.15) is 6.54 Å². The molecule has 30 heavy (non-hydrogen) atoms. The lowest BCUT2D eigenvalue weighted by Gasteiger charge is -2.19. The van der Waals surface area contributed by atoms with Crippen LogP contribution in [0, 0.1) is 13.8 Å². The van der Waals surface area contributed by atoms with Crippen LogP contribution in [-0.4, -0.2) is 24.3 Å². The van der Waals surface area contributed by atoms with Crippen molar-refractivity contribution in [3.8, 4) is 0 Å². The standard InChI is InChI=1S/C23H22N2O5/c1-15-10-11-16(2)18(13-15)25-23(28)21(17-7-4-3-5-8-17)30-20(26)14-24-22(27)19-9-6-12-29-19/h3-13,21H,14H2,1-2H3,(H,24,27)(H,25,28)/t21-/m1/s1. The van der Waals surface area contributed by atoms with Crippen LogP contribution < -0.4 is 10.6 Å². The van der Waals surface area contributed by atoms with Crippen LogP contribution in [0.1, 0.15) is 33.3 Å². The minimum Gasteiger partial charge on any atom is -0.459 e. The van der Waals surface area contributed by atoms with Crippen LogP contribution in [0.3, 0.4) is 0 Å². The Bertz CT molecular complexity index is 1030. The Labute approximate surface area is 174 Å². The number of hydrogen-bond donors (Lipinski definition) is 2. The fourth-order valence-corrected chi connectivity index (χ4v) is 2.79. The summed E-state index contributed by atoms with van der Waals surface area (Å²) in [5, 5.41) is 5.23. The van der Waals surface area contributed by atoms with Gasteiger partial charge in [-0.2, -0.15) is 0 Å². The second kappa shape index (κ2) is 9.56. The first kappa shape index (κ1) is 20.9. The van der Waals surface area contributed by atoms with E-state index in [0.717, 1.165) is 11.1 Å². The SMILES string of the molecule is Cc1ccc(C)c(NC(=O)[C@H](OC(=O)CNC(=O)c2ccco2)c2ccccc2)c1. The molecule has 0 aliphatic carbocycles. The Hall–Kier alpha value is -3.87. The summed E-state index contributed by atoms with van der Waals surface area (Å²) < 4.78 is 10.4. The van der Waals surface area contributed by atoms with E-state index in [1.165, 1.54) is 12.3 Å². The van der Waals surface area contributed by atoms with Gasteiger partial charge in [0.05, 0.1) is 6.26 Å². The molecule has 3 aromatic rings. The molecule has 3 rings (SSSR count). The molecule has 0 unspecified atom stereocenters. The first-order chi connectivity index (χ1) is 14.4. The number of nitrogens with one attached hydrogen (secondary N) is 2. The number of rotatable bonds is 7. The second-order valence-corrected chi connectivity index (χ2v) is 6.75. The number of benzene rings is 2. The number of furan rings is 1. The average molecular weight is 406 g/mol. The van der Waals surface area contributed by atoms with Gasteiger partial charge in [0.25, 0.3) is 11.8 Å². The molecule has 0 saturated heterocycles. The number of amides is 2. The Balaban J connectivity index is 1.71. The van der Waals surface area contributed by atoms with E-state index < -0.39 is 30.4 Å². The van der Waals surface area contributed by atoms with E-state index in [1.54, 1.807) is 36.4 Å². The van der Waals surface area contributed by atoms with Gasteiger partial charge in [-0.3, -0.25) is 14.4 Å². The van der Waals surface area contributed by atoms with Gasteiger partial charge >= 0.3 is 5.97 Å². The van der Waals surface area contributed by atoms with E-state index >= 15 is 0 Å². The Morgan fingerprint density at radius 3 is 2.47 bits per heavy atom. The summed E-state index contributed by atoms with van der Waals surface area (Å²) in [7, 11) is 0. The summed E-state index contributed by atoms with van der Waals surface area (Å²) in [5.41, 5.74) is 3.04. The van der Waals surface area contributed by atoms with Gasteiger partial charge in [-0.1, -0.05) is 42.5 Å². The number of aryl methyl sites for hydroxylation is 2. The van der Waals surface area contributed by atoms with Gasteiger partial charge in [-0.05, 0) is 43.2 Å². The van der Waals surface area contributed by atoms with Crippen molar-refractivity contribution in [2.75, 3.05) is 11.9 Å². The van der Waals surface area contributed by atoms with Gasteiger partial charge < -0.3 is 19.8 Å². The zero-order chi connectivity index (χ0) is 21.5. The van der Waals surface area contributed by atoms with Crippen molar-refractivity contribution in [1.29, 1.82) is 0 Å². The Morgan fingerprint density at radius 2 is 1.77 bits per heavy atom. The third kappa shape index (κ3) is 5.35. The van der Waals surface area contributed by atoms with Crippen LogP contribution in [0.4, 0.5) is 5.69 Å². The quantitative estimate of drug-likeness (QED) is 0.585. The van der Waals surface area contributed by atoms with E-state index in [1.807, 2.05) is 32.0 Å². The molecule has 0 saturated carbocycles. The molecule has 0 radical (unpaired) electrons. The highest BCUT2D eigenvalue weighted by molar-refractivity contribution is 5.97. The summed E-state index contributed by atoms with van der Waals surface area (Å²) in [6.07, 6.45) is 0.190. The molecule has 2 amide bonds. The first-order valence-electron chi connectivity index (χ1n) is 9.38. The largest absolute Gasteiger partial charge is 0.459 e. The number of esters is 1. The monoisotopic (exact) mass is 406 g/mol. The maximum atomic E-state index is 12.9. The molecular weight excluding hydrogens is 384 g/mol. The number of carbonyl (C=O) groups excluding carboxylic acids is 3. The summed E-state index contributed by atoms with van der Waals surface area (Å²) in [4.78, 5) is 37.2. The summed E-state index contributed by atoms with van der Waals surface area (Å²) in [6.45, 7) is 3.40. The second-order valence-electron chi connectivity index (χ2n) is 6.75. The highest BCUT2D eigenvalue weighted by atomic mass is 16.5. The van der Waals surface area contributed by atoms with Crippen LogP contribution >= 0.6 is 0 Å². The fourth-order valence-electron chi connectivity index (χ4n) is 2.79. The van der Waals surface area contributed by atoms with Gasteiger partial charge in [0, 0.05) is 11.3 Å². The molecule has 0 fully saturated rings. The van der Waals surface area contributed by atoms with Crippen molar-refractivity contribution >= 4 is 23.5 Å². The van der Waals surface area contributed by atoms with Crippen molar-refractivity contribution in [1.82, 2.24) is 5.32 Å². The summed E-state index contributed by atoms with van der Waals surface area (Å²) >= 11 is 0. The van der Waals surface area contributed by atoms with Crippen molar-refractivity contribution < 1.29 is 23.5 Å². The van der Waals surface area contributed by atoms with Crippen molar-refractivity contribution in [3.63, 3.8) is 0 Å². The lowest BCUT2D eigenvalue weighted by molar-refractivity contribution is -0.153. The fraction of sp³-hybridized carbons (Fsp3) is 0.174. The molecular formula is C23H22N2O5. The molecule has 154 valence electrons. The van der Waals surface area contributed by atoms with Crippen LogP contribution in [0.25, 0.3) is 0 Å². The molecule has 2 aromatic carbocycles. The van der Waals surface area contributed by atoms with Crippen LogP contribution in [0.15, 0.2) is 71.3 Å². The molecule has 0 spiro atoms. The van der Waals surface area contributed by atoms with Gasteiger partial charge in [0.15, 0.2) is 5.76 Å². The van der Waals surface area contributed by atoms with Crippen molar-refractivity contribution in [3.05, 3.63) is 89.4 Å². The molecule has 1 aromatic heterocycles. The van der Waals surface area contributed by atoms with Gasteiger partial charge in [-0.15, -0.1) is 0 Å². The van der Waals surface area contributed by atoms with Crippen molar-refractivity contribution in [2.24, 2.45) is 0 Å². The lowest BCUT2D eigenvalue weighted by atomic mass is 10.1. The van der Waals surface area contributed by atoms with Crippen molar-refractivity contribution in [2.45, 2.75) is 20.0 Å². The third-order valence-electron chi connectivity index (χ3n) is 4.38. The smallest absolute Gasteiger partial charge is 0.326 e. The zero-order valence-electron chi connectivity index (χ0n) is 16.7. The normalized spacial score (nSPS) is 11.4. The summed E-state index contributed by atoms with van der Waals surface area (Å²) in [5.74, 6) is -1.70. The Morgan fingerprint density at radius 1 is 1.00 bits per heavy atom. The molecule has 1 atom stereocenters. The Kier molecular flexibility index (Phi) is 6.64. The number of hydrogen-bond acceptors (Lipinski definition) is 5. The third-order valence-corrected chi connectivity index (χ3v) is 4.38. The van der Waals surface area contributed by atoms with Crippen LogP contribution in [0.5, 0.6) is 0 Å². The average Bonchev–Trinajstić information content (AvgIpc) is 3.28. The molecule has 1 heterocycles. The minimum atomic E-state index is -1.17. The lowest BCUT2D eigenvalue weighted by Crippen LogP contribution is -2.33. The van der Waals surface area contributed by atoms with E-state index in [-0.39, 0.29) is 5.76 Å². The first-order valence-corrected chi connectivity index (χ1v) is 9.38. The highest BCUT2D eigenvalue weighted by Gasteiger charge is 2.26. The minimum absolute atomic E-state index is 0.0788. The van der Waals surface area contributed by atoms with E-state index in [4.69, 9.17) is 9.15 Å². The molecule has 0 aliphatic heterocycles. The number of ether oxygens (including phenoxy) is 1. The van der Waals surface area contributed by atoms with E-state index in [2.05, 4.69) is 10.6 Å². The predicted octanol–water partition coefficient (Wildman–Crippen LogP) is 3.55. The molecule has 7 heteroatoms. The van der Waals surface area contributed by atoms with E-state index in [0.29, 0.717) is 11.3 Å². The molecule has 0 bridgehead atoms.